The molecule has 0 aromatic heterocycles. The van der Waals surface area contributed by atoms with Gasteiger partial charge in [-0.25, -0.2) is 13.2 Å². The van der Waals surface area contributed by atoms with Crippen molar-refractivity contribution in [2.24, 2.45) is 5.73 Å². The molecule has 0 aliphatic heterocycles. The van der Waals surface area contributed by atoms with Gasteiger partial charge in [0.05, 0.1) is 5.69 Å². The fraction of sp³-hybridized carbons (Fsp3) is 0. The average molecular weight is 361 g/mol. The summed E-state index contributed by atoms with van der Waals surface area (Å²) >= 11 is 8.18. The molecule has 2 nitrogen and oxygen atoms in total. The first kappa shape index (κ1) is 14.8. The van der Waals surface area contributed by atoms with Crippen LogP contribution in [-0.4, -0.2) is 4.99 Å². The predicted octanol–water partition coefficient (Wildman–Crippen LogP) is 4.24. The summed E-state index contributed by atoms with van der Waals surface area (Å²) in [5.41, 5.74) is 6.22. The Morgan fingerprint density at radius 2 is 1.75 bits per heavy atom. The lowest BCUT2D eigenvalue weighted by Gasteiger charge is -2.13. The summed E-state index contributed by atoms with van der Waals surface area (Å²) in [6, 6.07) is 6.91. The molecule has 0 bridgehead atoms. The number of hydrogen-bond acceptors (Lipinski definition) is 2. The smallest absolute Gasteiger partial charge is 0.196 e. The van der Waals surface area contributed by atoms with Crippen LogP contribution in [0.15, 0.2) is 34.8 Å². The summed E-state index contributed by atoms with van der Waals surface area (Å²) in [6.07, 6.45) is 0. The maximum absolute atomic E-state index is 13.6. The van der Waals surface area contributed by atoms with Gasteiger partial charge in [-0.1, -0.05) is 18.3 Å². The molecule has 2 aromatic rings. The first-order valence-corrected chi connectivity index (χ1v) is 6.60. The molecule has 0 heterocycles. The van der Waals surface area contributed by atoms with Crippen LogP contribution in [0.25, 0.3) is 0 Å². The van der Waals surface area contributed by atoms with Crippen LogP contribution >= 0.6 is 28.1 Å². The molecule has 0 saturated heterocycles. The van der Waals surface area contributed by atoms with Crippen molar-refractivity contribution in [1.82, 2.24) is 0 Å². The molecular weight excluding hydrogens is 353 g/mol. The Hall–Kier alpha value is -1.60. The molecule has 2 aromatic carbocycles. The zero-order chi connectivity index (χ0) is 14.9. The van der Waals surface area contributed by atoms with E-state index in [0.717, 1.165) is 12.1 Å². The second kappa shape index (κ2) is 5.80. The third-order valence-corrected chi connectivity index (χ3v) is 3.43. The largest absolute Gasteiger partial charge is 0.389 e. The van der Waals surface area contributed by atoms with E-state index in [-0.39, 0.29) is 10.7 Å². The van der Waals surface area contributed by atoms with E-state index in [4.69, 9.17) is 18.0 Å². The molecule has 20 heavy (non-hydrogen) atoms. The van der Waals surface area contributed by atoms with Crippen LogP contribution in [0, 0.1) is 17.5 Å². The Bertz CT molecular complexity index is 692. The van der Waals surface area contributed by atoms with E-state index in [1.165, 1.54) is 0 Å². The fourth-order valence-electron chi connectivity index (χ4n) is 1.65. The minimum atomic E-state index is -1.54. The van der Waals surface area contributed by atoms with Crippen LogP contribution in [0.2, 0.25) is 0 Å². The van der Waals surface area contributed by atoms with E-state index in [0.29, 0.717) is 15.7 Å². The van der Waals surface area contributed by atoms with E-state index in [1.807, 2.05) is 0 Å². The average Bonchev–Trinajstić information content (AvgIpc) is 2.39. The molecule has 7 heteroatoms. The van der Waals surface area contributed by atoms with Crippen molar-refractivity contribution in [3.63, 3.8) is 0 Å². The number of benzene rings is 2. The van der Waals surface area contributed by atoms with Crippen molar-refractivity contribution in [3.05, 3.63) is 57.8 Å². The van der Waals surface area contributed by atoms with Gasteiger partial charge in [0.25, 0.3) is 0 Å². The molecule has 0 atom stereocenters. The lowest BCUT2D eigenvalue weighted by Crippen LogP contribution is -2.13. The van der Waals surface area contributed by atoms with E-state index in [1.54, 1.807) is 18.2 Å². The van der Waals surface area contributed by atoms with Gasteiger partial charge in [0.15, 0.2) is 17.5 Å². The number of nitrogens with one attached hydrogen (secondary N) is 1. The van der Waals surface area contributed by atoms with Crippen molar-refractivity contribution >= 4 is 44.5 Å². The fourth-order valence-corrected chi connectivity index (χ4v) is 2.58. The van der Waals surface area contributed by atoms with Crippen molar-refractivity contribution in [3.8, 4) is 0 Å². The zero-order valence-electron chi connectivity index (χ0n) is 9.88. The Morgan fingerprint density at radius 1 is 1.05 bits per heavy atom. The Morgan fingerprint density at radius 3 is 2.40 bits per heavy atom. The van der Waals surface area contributed by atoms with E-state index < -0.39 is 17.5 Å². The predicted molar refractivity (Wildman–Crippen MR) is 79.6 cm³/mol. The van der Waals surface area contributed by atoms with Crippen LogP contribution in [-0.2, 0) is 0 Å². The second-order valence-corrected chi connectivity index (χ2v) is 5.17. The summed E-state index contributed by atoms with van der Waals surface area (Å²) in [7, 11) is 0. The first-order valence-electron chi connectivity index (χ1n) is 5.40. The molecule has 0 aliphatic carbocycles. The molecular formula is C13H8BrF3N2S. The number of halogens is 4. The molecule has 3 N–H and O–H groups in total. The maximum Gasteiger partial charge on any atom is 0.196 e. The van der Waals surface area contributed by atoms with Crippen LogP contribution in [0.5, 0.6) is 0 Å². The van der Waals surface area contributed by atoms with Crippen LogP contribution in [0.1, 0.15) is 5.56 Å². The maximum atomic E-state index is 13.6. The van der Waals surface area contributed by atoms with Crippen molar-refractivity contribution in [1.29, 1.82) is 0 Å². The van der Waals surface area contributed by atoms with E-state index in [9.17, 15) is 13.2 Å². The monoisotopic (exact) mass is 360 g/mol. The van der Waals surface area contributed by atoms with Crippen LogP contribution in [0.4, 0.5) is 24.5 Å². The highest BCUT2D eigenvalue weighted by Crippen LogP contribution is 2.29. The van der Waals surface area contributed by atoms with Crippen molar-refractivity contribution in [2.45, 2.75) is 0 Å². The molecule has 0 saturated carbocycles. The summed E-state index contributed by atoms with van der Waals surface area (Å²) < 4.78 is 40.3. The quantitative estimate of drug-likeness (QED) is 0.634. The summed E-state index contributed by atoms with van der Waals surface area (Å²) in [6.45, 7) is 0. The van der Waals surface area contributed by atoms with Gasteiger partial charge in [0, 0.05) is 15.7 Å². The summed E-state index contributed by atoms with van der Waals surface area (Å²) in [5.74, 6) is -4.10. The number of nitrogens with two attached hydrogens (primary N) is 1. The summed E-state index contributed by atoms with van der Waals surface area (Å²) in [4.78, 5) is 0.0861. The highest BCUT2D eigenvalue weighted by molar-refractivity contribution is 9.10. The van der Waals surface area contributed by atoms with Crippen LogP contribution < -0.4 is 11.1 Å². The number of hydrogen-bond donors (Lipinski definition) is 2. The minimum Gasteiger partial charge on any atom is -0.389 e. The Balaban J connectivity index is 2.48. The molecule has 0 unspecified atom stereocenters. The van der Waals surface area contributed by atoms with Gasteiger partial charge in [0.2, 0.25) is 0 Å². The van der Waals surface area contributed by atoms with E-state index >= 15 is 0 Å². The van der Waals surface area contributed by atoms with Gasteiger partial charge in [-0.3, -0.25) is 0 Å². The highest BCUT2D eigenvalue weighted by Gasteiger charge is 2.16. The van der Waals surface area contributed by atoms with Gasteiger partial charge in [-0.05, 0) is 40.2 Å². The molecule has 0 fully saturated rings. The normalized spacial score (nSPS) is 10.4. The van der Waals surface area contributed by atoms with Crippen molar-refractivity contribution < 1.29 is 13.2 Å². The highest BCUT2D eigenvalue weighted by atomic mass is 79.9. The first-order chi connectivity index (χ1) is 9.41. The third-order valence-electron chi connectivity index (χ3n) is 2.56. The summed E-state index contributed by atoms with van der Waals surface area (Å²) in [5, 5.41) is 2.65. The van der Waals surface area contributed by atoms with Gasteiger partial charge in [-0.15, -0.1) is 0 Å². The molecule has 2 rings (SSSR count). The molecule has 0 spiro atoms. The lowest BCUT2D eigenvalue weighted by atomic mass is 10.1. The van der Waals surface area contributed by atoms with E-state index in [2.05, 4.69) is 21.2 Å². The topological polar surface area (TPSA) is 38.0 Å². The number of rotatable bonds is 3. The SMILES string of the molecule is NC(=S)c1c(Br)cccc1Nc1ccc(F)c(F)c1F. The zero-order valence-corrected chi connectivity index (χ0v) is 12.3. The van der Waals surface area contributed by atoms with Gasteiger partial charge >= 0.3 is 0 Å². The standard InChI is InChI=1S/C13H8BrF3N2S/c14-6-2-1-3-8(10(6)13(18)20)19-9-5-4-7(15)11(16)12(9)17/h1-5,19H,(H2,18,20). The molecule has 0 amide bonds. The second-order valence-electron chi connectivity index (χ2n) is 3.87. The minimum absolute atomic E-state index is 0.0861. The molecule has 0 aliphatic rings. The van der Waals surface area contributed by atoms with Gasteiger partial charge in [0.1, 0.15) is 4.99 Å². The third kappa shape index (κ3) is 2.78. The number of anilines is 2. The lowest BCUT2D eigenvalue weighted by molar-refractivity contribution is 0.449. The Labute approximate surface area is 126 Å². The van der Waals surface area contributed by atoms with Gasteiger partial charge in [-0.2, -0.15) is 0 Å². The van der Waals surface area contributed by atoms with Gasteiger partial charge < -0.3 is 11.1 Å². The molecule has 104 valence electrons. The van der Waals surface area contributed by atoms with Crippen LogP contribution in [0.3, 0.4) is 0 Å². The van der Waals surface area contributed by atoms with Crippen molar-refractivity contribution in [2.75, 3.05) is 5.32 Å². The molecule has 0 radical (unpaired) electrons. The Kier molecular flexibility index (Phi) is 4.29. The number of thiocarbonyl (C=S) groups is 1.